The SMILES string of the molecule is Cc1cc(C(C)(C)C)ccc1N1c2ccc(C(C)(C)C)cc2B2c3ccc(N4c5ccc(C(C)(C)C)cc5C5(C)CCCCC45C)cc3N(c3ccc(C(C)(C)C)cc3)c3cc(C(C)(C)C)cc1c32. The zero-order chi connectivity index (χ0) is 49.8. The van der Waals surface area contributed by atoms with Gasteiger partial charge in [0.2, 0.25) is 0 Å². The Balaban J connectivity index is 1.29. The van der Waals surface area contributed by atoms with E-state index in [1.54, 1.807) is 0 Å². The second-order valence-electron chi connectivity index (χ2n) is 27.2. The van der Waals surface area contributed by atoms with Crippen LogP contribution in [-0.4, -0.2) is 12.3 Å². The summed E-state index contributed by atoms with van der Waals surface area (Å²) in [6.45, 7) is 42.8. The number of benzene rings is 6. The molecule has 1 aliphatic carbocycles. The number of anilines is 8. The lowest BCUT2D eigenvalue weighted by Gasteiger charge is -2.51. The van der Waals surface area contributed by atoms with E-state index in [0.717, 1.165) is 6.42 Å². The molecule has 0 radical (unpaired) electrons. The normalized spacial score (nSPS) is 20.1. The van der Waals surface area contributed by atoms with Crippen molar-refractivity contribution >= 4 is 68.6 Å². The summed E-state index contributed by atoms with van der Waals surface area (Å²) < 4.78 is 0. The van der Waals surface area contributed by atoms with E-state index in [1.165, 1.54) is 120 Å². The first-order chi connectivity index (χ1) is 32.0. The number of aryl methyl sites for hydroxylation is 1. The summed E-state index contributed by atoms with van der Waals surface area (Å²) in [5.41, 5.74) is 24.0. The average Bonchev–Trinajstić information content (AvgIpc) is 3.47. The molecular formula is C65H80BN3. The molecule has 3 heterocycles. The number of fused-ring (bicyclic) bond motifs is 7. The van der Waals surface area contributed by atoms with E-state index in [9.17, 15) is 0 Å². The fourth-order valence-electron chi connectivity index (χ4n) is 12.7. The summed E-state index contributed by atoms with van der Waals surface area (Å²) in [5, 5.41) is 0. The number of nitrogens with zero attached hydrogens (tertiary/aromatic N) is 3. The zero-order valence-electron chi connectivity index (χ0n) is 45.6. The van der Waals surface area contributed by atoms with E-state index in [-0.39, 0.29) is 44.7 Å². The molecule has 1 fully saturated rings. The first kappa shape index (κ1) is 47.5. The zero-order valence-corrected chi connectivity index (χ0v) is 45.6. The lowest BCUT2D eigenvalue weighted by molar-refractivity contribution is 0.195. The summed E-state index contributed by atoms with van der Waals surface area (Å²) in [6.07, 6.45) is 4.88. The van der Waals surface area contributed by atoms with Crippen molar-refractivity contribution in [2.24, 2.45) is 0 Å². The minimum atomic E-state index is -0.108. The van der Waals surface area contributed by atoms with Crippen molar-refractivity contribution in [2.75, 3.05) is 14.7 Å². The van der Waals surface area contributed by atoms with Crippen molar-refractivity contribution in [1.29, 1.82) is 0 Å². The Hall–Kier alpha value is -5.22. The van der Waals surface area contributed by atoms with Crippen LogP contribution in [0.1, 0.15) is 182 Å². The lowest BCUT2D eigenvalue weighted by Crippen LogP contribution is -2.61. The van der Waals surface area contributed by atoms with Crippen molar-refractivity contribution in [1.82, 2.24) is 0 Å². The van der Waals surface area contributed by atoms with E-state index in [2.05, 4.69) is 249 Å². The lowest BCUT2D eigenvalue weighted by atomic mass is 9.33. The van der Waals surface area contributed by atoms with Crippen LogP contribution < -0.4 is 31.1 Å². The molecule has 0 aromatic heterocycles. The minimum absolute atomic E-state index is 0.0242. The first-order valence-electron chi connectivity index (χ1n) is 26.3. The van der Waals surface area contributed by atoms with Crippen molar-refractivity contribution < 1.29 is 0 Å². The van der Waals surface area contributed by atoms with Gasteiger partial charge in [0, 0.05) is 50.9 Å². The molecule has 4 aliphatic rings. The standard InChI is InChI=1S/C65H80BN3/c1-41-35-43(60(5,6)7)23-30-52(41)68-54-32-25-45(62(11,12)13)37-51(54)66-50-29-28-48(69-53-31-24-44(61(8,9)10)36-49(53)64(17)33-19-20-34-65(64,69)18)40-55(50)67(47-26-21-42(22-27-47)59(2,3)4)56-38-46(63(14,15)16)39-57(68)58(56)66/h21-32,35-40H,19-20,33-34H2,1-18H3. The molecule has 2 atom stereocenters. The topological polar surface area (TPSA) is 9.72 Å². The summed E-state index contributed by atoms with van der Waals surface area (Å²) in [7, 11) is 0. The Morgan fingerprint density at radius 3 is 1.48 bits per heavy atom. The first-order valence-corrected chi connectivity index (χ1v) is 26.3. The van der Waals surface area contributed by atoms with Gasteiger partial charge in [0.15, 0.2) is 0 Å². The Labute approximate surface area is 417 Å². The second kappa shape index (κ2) is 15.4. The Morgan fingerprint density at radius 1 is 0.406 bits per heavy atom. The maximum absolute atomic E-state index is 2.79. The van der Waals surface area contributed by atoms with Gasteiger partial charge in [-0.15, -0.1) is 0 Å². The van der Waals surface area contributed by atoms with E-state index < -0.39 is 0 Å². The highest BCUT2D eigenvalue weighted by atomic mass is 15.3. The Morgan fingerprint density at radius 2 is 0.899 bits per heavy atom. The van der Waals surface area contributed by atoms with Crippen molar-refractivity contribution in [3.63, 3.8) is 0 Å². The van der Waals surface area contributed by atoms with E-state index in [0.29, 0.717) is 0 Å². The van der Waals surface area contributed by atoms with E-state index in [1.807, 2.05) is 0 Å². The van der Waals surface area contributed by atoms with Crippen LogP contribution in [0.4, 0.5) is 45.5 Å². The molecule has 0 saturated heterocycles. The van der Waals surface area contributed by atoms with Gasteiger partial charge in [-0.2, -0.15) is 0 Å². The molecule has 0 bridgehead atoms. The van der Waals surface area contributed by atoms with Crippen LogP contribution in [0.25, 0.3) is 0 Å². The van der Waals surface area contributed by atoms with Crippen molar-refractivity contribution in [2.45, 2.75) is 188 Å². The van der Waals surface area contributed by atoms with Crippen LogP contribution in [0, 0.1) is 6.92 Å². The third kappa shape index (κ3) is 7.42. The average molecular weight is 914 g/mol. The van der Waals surface area contributed by atoms with Gasteiger partial charge in [-0.25, -0.2) is 0 Å². The molecule has 6 aromatic rings. The highest BCUT2D eigenvalue weighted by Crippen LogP contribution is 2.62. The summed E-state index contributed by atoms with van der Waals surface area (Å²) in [5.74, 6) is 0. The summed E-state index contributed by atoms with van der Waals surface area (Å²) in [6, 6.07) is 44.4. The van der Waals surface area contributed by atoms with Crippen LogP contribution in [0.15, 0.2) is 109 Å². The van der Waals surface area contributed by atoms with Gasteiger partial charge in [0.05, 0.1) is 5.54 Å². The Kier molecular flexibility index (Phi) is 10.6. The van der Waals surface area contributed by atoms with Gasteiger partial charge in [-0.05, 0) is 164 Å². The van der Waals surface area contributed by atoms with Gasteiger partial charge in [-0.1, -0.05) is 178 Å². The molecule has 0 spiro atoms. The van der Waals surface area contributed by atoms with Gasteiger partial charge < -0.3 is 14.7 Å². The molecule has 2 unspecified atom stereocenters. The maximum atomic E-state index is 2.79. The van der Waals surface area contributed by atoms with E-state index >= 15 is 0 Å². The molecule has 4 heteroatoms. The highest BCUT2D eigenvalue weighted by Gasteiger charge is 2.58. The van der Waals surface area contributed by atoms with Crippen molar-refractivity contribution in [3.05, 3.63) is 148 Å². The van der Waals surface area contributed by atoms with Crippen LogP contribution >= 0.6 is 0 Å². The molecular weight excluding hydrogens is 834 g/mol. The fraction of sp³-hybridized carbons (Fsp3) is 0.446. The quantitative estimate of drug-likeness (QED) is 0.164. The monoisotopic (exact) mass is 914 g/mol. The van der Waals surface area contributed by atoms with Crippen LogP contribution in [-0.2, 0) is 32.5 Å². The molecule has 3 aliphatic heterocycles. The molecule has 358 valence electrons. The molecule has 3 nitrogen and oxygen atoms in total. The predicted octanol–water partition coefficient (Wildman–Crippen LogP) is 16.3. The van der Waals surface area contributed by atoms with E-state index in [4.69, 9.17) is 0 Å². The van der Waals surface area contributed by atoms with Gasteiger partial charge in [0.1, 0.15) is 0 Å². The number of hydrogen-bond acceptors (Lipinski definition) is 3. The van der Waals surface area contributed by atoms with Crippen LogP contribution in [0.3, 0.4) is 0 Å². The number of hydrogen-bond donors (Lipinski definition) is 0. The smallest absolute Gasteiger partial charge is 0.252 e. The van der Waals surface area contributed by atoms with Gasteiger partial charge in [0.25, 0.3) is 6.71 Å². The summed E-state index contributed by atoms with van der Waals surface area (Å²) in [4.78, 5) is 8.08. The third-order valence-corrected chi connectivity index (χ3v) is 17.3. The van der Waals surface area contributed by atoms with Gasteiger partial charge >= 0.3 is 0 Å². The van der Waals surface area contributed by atoms with Crippen LogP contribution in [0.2, 0.25) is 0 Å². The van der Waals surface area contributed by atoms with Crippen LogP contribution in [0.5, 0.6) is 0 Å². The minimum Gasteiger partial charge on any atom is -0.334 e. The fourth-order valence-corrected chi connectivity index (χ4v) is 12.7. The maximum Gasteiger partial charge on any atom is 0.252 e. The summed E-state index contributed by atoms with van der Waals surface area (Å²) >= 11 is 0. The Bertz CT molecular complexity index is 3030. The highest BCUT2D eigenvalue weighted by molar-refractivity contribution is 7.00. The molecule has 69 heavy (non-hydrogen) atoms. The van der Waals surface area contributed by atoms with Crippen molar-refractivity contribution in [3.8, 4) is 0 Å². The molecule has 10 rings (SSSR count). The molecule has 0 N–H and O–H groups in total. The molecule has 1 saturated carbocycles. The second-order valence-corrected chi connectivity index (χ2v) is 27.2. The largest absolute Gasteiger partial charge is 0.334 e. The molecule has 0 amide bonds. The molecule has 6 aromatic carbocycles. The third-order valence-electron chi connectivity index (χ3n) is 17.3. The predicted molar refractivity (Wildman–Crippen MR) is 302 cm³/mol. The van der Waals surface area contributed by atoms with Gasteiger partial charge in [-0.3, -0.25) is 0 Å². The number of rotatable bonds is 3.